The number of hydrogen-bond donors (Lipinski definition) is 1. The van der Waals surface area contributed by atoms with Crippen LogP contribution in [0.1, 0.15) is 41.9 Å². The summed E-state index contributed by atoms with van der Waals surface area (Å²) in [6, 6.07) is 17.7. The Bertz CT molecular complexity index is 1120. The van der Waals surface area contributed by atoms with Gasteiger partial charge >= 0.3 is 0 Å². The van der Waals surface area contributed by atoms with Crippen molar-refractivity contribution in [3.8, 4) is 17.4 Å². The van der Waals surface area contributed by atoms with Crippen molar-refractivity contribution in [1.29, 1.82) is 0 Å². The smallest absolute Gasteiger partial charge is 0.226 e. The second kappa shape index (κ2) is 9.35. The van der Waals surface area contributed by atoms with Crippen molar-refractivity contribution < 1.29 is 9.84 Å². The number of nitrogens with zero attached hydrogens (tertiary/aromatic N) is 2. The maximum atomic E-state index is 10.4. The van der Waals surface area contributed by atoms with Crippen LogP contribution in [-0.4, -0.2) is 34.6 Å². The molecule has 1 aromatic heterocycles. The SMILES string of the molecule is Oc1cccc2c1C/C(=C/CCN1CCC(c3ccc(Cl)cc3)CC1)c1cccnc1O2. The Labute approximate surface area is 194 Å². The molecule has 164 valence electrons. The van der Waals surface area contributed by atoms with Crippen molar-refractivity contribution in [1.82, 2.24) is 9.88 Å². The number of ether oxygens (including phenoxy) is 1. The van der Waals surface area contributed by atoms with Gasteiger partial charge in [0.2, 0.25) is 5.88 Å². The third kappa shape index (κ3) is 4.52. The number of pyridine rings is 1. The van der Waals surface area contributed by atoms with Crippen LogP contribution in [-0.2, 0) is 6.42 Å². The van der Waals surface area contributed by atoms with Gasteiger partial charge in [-0.15, -0.1) is 0 Å². The van der Waals surface area contributed by atoms with Crippen LogP contribution >= 0.6 is 11.6 Å². The van der Waals surface area contributed by atoms with Gasteiger partial charge in [0.1, 0.15) is 11.5 Å². The number of aromatic nitrogens is 1. The van der Waals surface area contributed by atoms with Gasteiger partial charge in [-0.25, -0.2) is 4.98 Å². The molecule has 2 aliphatic rings. The molecule has 1 N–H and O–H groups in total. The summed E-state index contributed by atoms with van der Waals surface area (Å²) in [4.78, 5) is 6.98. The van der Waals surface area contributed by atoms with Crippen LogP contribution in [0, 0.1) is 0 Å². The fourth-order valence-corrected chi connectivity index (χ4v) is 4.89. The molecule has 1 saturated heterocycles. The molecule has 3 aromatic rings. The van der Waals surface area contributed by atoms with Crippen LogP contribution in [0.15, 0.2) is 66.9 Å². The number of halogens is 1. The average molecular weight is 447 g/mol. The quantitative estimate of drug-likeness (QED) is 0.500. The summed E-state index contributed by atoms with van der Waals surface area (Å²) in [5.74, 6) is 2.17. The molecule has 5 heteroatoms. The zero-order valence-corrected chi connectivity index (χ0v) is 18.8. The molecule has 0 aliphatic carbocycles. The van der Waals surface area contributed by atoms with Crippen molar-refractivity contribution in [2.75, 3.05) is 19.6 Å². The summed E-state index contributed by atoms with van der Waals surface area (Å²) >= 11 is 6.03. The molecule has 0 amide bonds. The lowest BCUT2D eigenvalue weighted by Gasteiger charge is -2.32. The highest BCUT2D eigenvalue weighted by molar-refractivity contribution is 6.30. The molecular weight excluding hydrogens is 420 g/mol. The van der Waals surface area contributed by atoms with E-state index in [1.165, 1.54) is 18.4 Å². The molecule has 1 fully saturated rings. The molecule has 0 atom stereocenters. The highest BCUT2D eigenvalue weighted by Gasteiger charge is 2.23. The minimum Gasteiger partial charge on any atom is -0.508 e. The van der Waals surface area contributed by atoms with Crippen molar-refractivity contribution in [3.05, 3.63) is 88.6 Å². The normalized spacial score (nSPS) is 18.0. The maximum Gasteiger partial charge on any atom is 0.226 e. The molecule has 32 heavy (non-hydrogen) atoms. The lowest BCUT2D eigenvalue weighted by atomic mass is 9.89. The van der Waals surface area contributed by atoms with Gasteiger partial charge in [0.15, 0.2) is 0 Å². The van der Waals surface area contributed by atoms with Gasteiger partial charge < -0.3 is 14.7 Å². The predicted octanol–water partition coefficient (Wildman–Crippen LogP) is 6.44. The van der Waals surface area contributed by atoms with Gasteiger partial charge in [-0.3, -0.25) is 0 Å². The molecule has 2 aliphatic heterocycles. The number of likely N-dealkylation sites (tertiary alicyclic amines) is 1. The van der Waals surface area contributed by atoms with E-state index in [4.69, 9.17) is 16.3 Å². The number of allylic oxidation sites excluding steroid dienone is 1. The summed E-state index contributed by atoms with van der Waals surface area (Å²) in [5.41, 5.74) is 4.38. The largest absolute Gasteiger partial charge is 0.508 e. The zero-order valence-electron chi connectivity index (χ0n) is 18.0. The summed E-state index contributed by atoms with van der Waals surface area (Å²) in [7, 11) is 0. The number of hydrogen-bond acceptors (Lipinski definition) is 4. The third-order valence-corrected chi connectivity index (χ3v) is 6.82. The first-order chi connectivity index (χ1) is 15.7. The average Bonchev–Trinajstić information content (AvgIpc) is 2.98. The van der Waals surface area contributed by atoms with E-state index in [2.05, 4.69) is 34.2 Å². The Morgan fingerprint density at radius 1 is 1.06 bits per heavy atom. The van der Waals surface area contributed by atoms with E-state index in [1.54, 1.807) is 18.3 Å². The number of aromatic hydroxyl groups is 1. The number of rotatable bonds is 4. The molecule has 2 aromatic carbocycles. The maximum absolute atomic E-state index is 10.4. The fraction of sp³-hybridized carbons (Fsp3) is 0.296. The van der Waals surface area contributed by atoms with E-state index in [0.717, 1.165) is 47.8 Å². The van der Waals surface area contributed by atoms with Crippen LogP contribution in [0.4, 0.5) is 0 Å². The van der Waals surface area contributed by atoms with Gasteiger partial charge in [-0.05, 0) is 85.8 Å². The molecule has 0 bridgehead atoms. The summed E-state index contributed by atoms with van der Waals surface area (Å²) < 4.78 is 6.04. The molecule has 0 unspecified atom stereocenters. The van der Waals surface area contributed by atoms with Crippen molar-refractivity contribution >= 4 is 17.2 Å². The van der Waals surface area contributed by atoms with E-state index < -0.39 is 0 Å². The molecule has 0 radical (unpaired) electrons. The Hall–Kier alpha value is -2.82. The minimum atomic E-state index is 0.269. The van der Waals surface area contributed by atoms with Crippen molar-refractivity contribution in [3.63, 3.8) is 0 Å². The van der Waals surface area contributed by atoms with E-state index >= 15 is 0 Å². The Balaban J connectivity index is 1.25. The molecule has 0 spiro atoms. The second-order valence-corrected chi connectivity index (χ2v) is 9.01. The van der Waals surface area contributed by atoms with Crippen molar-refractivity contribution in [2.24, 2.45) is 0 Å². The van der Waals surface area contributed by atoms with E-state index in [-0.39, 0.29) is 5.75 Å². The van der Waals surface area contributed by atoms with Crippen LogP contribution in [0.3, 0.4) is 0 Å². The zero-order chi connectivity index (χ0) is 21.9. The first-order valence-corrected chi connectivity index (χ1v) is 11.7. The monoisotopic (exact) mass is 446 g/mol. The van der Waals surface area contributed by atoms with E-state index in [9.17, 15) is 5.11 Å². The van der Waals surface area contributed by atoms with Gasteiger partial charge in [-0.1, -0.05) is 35.9 Å². The molecular formula is C27H27ClN2O2. The lowest BCUT2D eigenvalue weighted by Crippen LogP contribution is -2.33. The summed E-state index contributed by atoms with van der Waals surface area (Å²) in [6.45, 7) is 3.25. The van der Waals surface area contributed by atoms with Crippen LogP contribution in [0.25, 0.3) is 5.57 Å². The van der Waals surface area contributed by atoms with Crippen LogP contribution < -0.4 is 4.74 Å². The van der Waals surface area contributed by atoms with Gasteiger partial charge in [0.05, 0.1) is 0 Å². The van der Waals surface area contributed by atoms with Gasteiger partial charge in [0.25, 0.3) is 0 Å². The molecule has 4 nitrogen and oxygen atoms in total. The Kier molecular flexibility index (Phi) is 6.15. The number of phenols is 1. The van der Waals surface area contributed by atoms with Gasteiger partial charge in [-0.2, -0.15) is 0 Å². The lowest BCUT2D eigenvalue weighted by molar-refractivity contribution is 0.216. The number of phenolic OH excluding ortho intramolecular Hbond substituents is 1. The first-order valence-electron chi connectivity index (χ1n) is 11.3. The minimum absolute atomic E-state index is 0.269. The number of fused-ring (bicyclic) bond motifs is 2. The fourth-order valence-electron chi connectivity index (χ4n) is 4.76. The molecule has 5 rings (SSSR count). The third-order valence-electron chi connectivity index (χ3n) is 6.56. The molecule has 0 saturated carbocycles. The topological polar surface area (TPSA) is 45.6 Å². The molecule has 3 heterocycles. The highest BCUT2D eigenvalue weighted by atomic mass is 35.5. The summed E-state index contributed by atoms with van der Waals surface area (Å²) in [5, 5.41) is 11.2. The second-order valence-electron chi connectivity index (χ2n) is 8.57. The summed E-state index contributed by atoms with van der Waals surface area (Å²) in [6.07, 6.45) is 7.99. The standard InChI is InChI=1S/C27H27ClN2O2/c28-22-10-8-19(9-11-22)20-12-16-30(17-13-20)15-3-4-21-18-24-25(31)6-1-7-26(24)32-27-23(21)5-2-14-29-27/h1-2,4-11,14,20,31H,3,12-13,15-18H2/b21-4-. The Morgan fingerprint density at radius 2 is 1.88 bits per heavy atom. The van der Waals surface area contributed by atoms with Crippen LogP contribution in [0.2, 0.25) is 5.02 Å². The highest BCUT2D eigenvalue weighted by Crippen LogP contribution is 2.41. The number of benzene rings is 2. The Morgan fingerprint density at radius 3 is 2.69 bits per heavy atom. The first kappa shape index (κ1) is 21.0. The van der Waals surface area contributed by atoms with E-state index in [1.807, 2.05) is 24.3 Å². The van der Waals surface area contributed by atoms with E-state index in [0.29, 0.717) is 24.0 Å². The predicted molar refractivity (Wildman–Crippen MR) is 129 cm³/mol. The van der Waals surface area contributed by atoms with Crippen LogP contribution in [0.5, 0.6) is 17.4 Å². The van der Waals surface area contributed by atoms with Gasteiger partial charge in [0, 0.05) is 35.3 Å². The van der Waals surface area contributed by atoms with Crippen molar-refractivity contribution in [2.45, 2.75) is 31.6 Å². The number of piperidine rings is 1.